The molecule has 0 aromatic heterocycles. The minimum Gasteiger partial charge on any atom is -0.399 e. The topological polar surface area (TPSA) is 120 Å². The lowest BCUT2D eigenvalue weighted by molar-refractivity contribution is 0.292. The Balaban J connectivity index is 1.04. The van der Waals surface area contributed by atoms with Gasteiger partial charge in [0.1, 0.15) is 23.0 Å². The number of nitrogens with one attached hydrogen (secondary N) is 2. The second kappa shape index (κ2) is 24.5. The van der Waals surface area contributed by atoms with Gasteiger partial charge in [-0.15, -0.1) is 0 Å². The largest absolute Gasteiger partial charge is 0.562 e. The molecule has 0 saturated heterocycles. The summed E-state index contributed by atoms with van der Waals surface area (Å²) in [6, 6.07) is 77.4. The first-order valence-electron chi connectivity index (χ1n) is 24.5. The Labute approximate surface area is 424 Å². The maximum absolute atomic E-state index is 15.5. The normalized spacial score (nSPS) is 15.2. The van der Waals surface area contributed by atoms with Crippen LogP contribution in [0.3, 0.4) is 0 Å². The first-order chi connectivity index (χ1) is 35.3. The number of hydrogen-bond donors (Lipinski definition) is 2. The van der Waals surface area contributed by atoms with E-state index in [0.717, 1.165) is 46.9 Å². The molecule has 0 bridgehead atoms. The van der Waals surface area contributed by atoms with Gasteiger partial charge in [0.15, 0.2) is 0 Å². The summed E-state index contributed by atoms with van der Waals surface area (Å²) in [5.41, 5.74) is 0. The lowest BCUT2D eigenvalue weighted by Gasteiger charge is -2.35. The number of benzene rings is 8. The van der Waals surface area contributed by atoms with Crippen LogP contribution in [0, 0.1) is 0 Å². The Hall–Kier alpha value is -6.20. The molecule has 0 aliphatic heterocycles. The molecule has 8 aromatic rings. The average molecular weight is 1030 g/mol. The van der Waals surface area contributed by atoms with Crippen molar-refractivity contribution in [2.45, 2.75) is 37.8 Å². The van der Waals surface area contributed by atoms with Crippen LogP contribution in [0.4, 0.5) is 0 Å². The van der Waals surface area contributed by atoms with Crippen LogP contribution >= 0.6 is 29.6 Å². The van der Waals surface area contributed by atoms with Crippen LogP contribution in [0.5, 0.6) is 23.0 Å². The Morgan fingerprint density at radius 1 is 0.347 bits per heavy atom. The predicted molar refractivity (Wildman–Crippen MR) is 298 cm³/mol. The second-order valence-electron chi connectivity index (χ2n) is 17.5. The quantitative estimate of drug-likeness (QED) is 0.0644. The minimum absolute atomic E-state index is 0.118. The van der Waals surface area contributed by atoms with Crippen molar-refractivity contribution >= 4 is 50.8 Å². The first-order valence-corrected chi connectivity index (χ1v) is 31.3. The van der Waals surface area contributed by atoms with Crippen molar-refractivity contribution in [3.8, 4) is 23.0 Å². The van der Waals surface area contributed by atoms with Gasteiger partial charge in [0.25, 0.3) is 0 Å². The van der Waals surface area contributed by atoms with Crippen molar-refractivity contribution in [2.75, 3.05) is 25.4 Å². The zero-order valence-corrected chi connectivity index (χ0v) is 43.6. The molecule has 1 saturated carbocycles. The Bertz CT molecular complexity index is 2740. The fourth-order valence-corrected chi connectivity index (χ4v) is 22.0. The number of para-hydroxylation sites is 4. The van der Waals surface area contributed by atoms with E-state index >= 15 is 9.13 Å². The molecular weight excluding hydrogens is 973 g/mol. The van der Waals surface area contributed by atoms with Gasteiger partial charge in [-0.3, -0.25) is 0 Å². The van der Waals surface area contributed by atoms with Crippen molar-refractivity contribution in [1.29, 1.82) is 0 Å². The first kappa shape index (κ1) is 50.7. The molecule has 368 valence electrons. The molecule has 1 fully saturated rings. The minimum atomic E-state index is -4.25. The van der Waals surface area contributed by atoms with Crippen LogP contribution in [-0.4, -0.2) is 37.5 Å². The molecule has 1 aliphatic rings. The molecule has 0 radical (unpaired) electrons. The van der Waals surface area contributed by atoms with Gasteiger partial charge in [-0.2, -0.15) is 9.03 Å². The van der Waals surface area contributed by atoms with E-state index in [1.54, 1.807) is 48.5 Å². The van der Waals surface area contributed by atoms with Gasteiger partial charge < -0.3 is 28.7 Å². The van der Waals surface area contributed by atoms with Crippen molar-refractivity contribution in [2.24, 2.45) is 9.03 Å². The summed E-state index contributed by atoms with van der Waals surface area (Å²) >= 11 is 0. The smallest absolute Gasteiger partial charge is 0.399 e. The summed E-state index contributed by atoms with van der Waals surface area (Å²) in [5, 5.41) is 11.9. The molecule has 1 aliphatic carbocycles. The third-order valence-corrected chi connectivity index (χ3v) is 24.9. The Morgan fingerprint density at radius 3 is 0.806 bits per heavy atom. The molecule has 2 atom stereocenters. The molecule has 2 N–H and O–H groups in total. The second-order valence-corrected chi connectivity index (χ2v) is 27.5. The maximum Gasteiger partial charge on any atom is 0.562 e. The zero-order chi connectivity index (χ0) is 49.4. The molecule has 10 nitrogen and oxygen atoms in total. The molecule has 0 spiro atoms. The van der Waals surface area contributed by atoms with E-state index in [0.29, 0.717) is 48.4 Å². The number of hydrogen-bond acceptors (Lipinski definition) is 8. The van der Waals surface area contributed by atoms with Gasteiger partial charge in [-0.1, -0.05) is 207 Å². The lowest BCUT2D eigenvalue weighted by atomic mass is 9.90. The number of nitrogens with zero attached hydrogens (tertiary/aromatic N) is 2. The standard InChI is InChI=1S/C58H60N4O6P4/c63-71(65-49-27-9-1-10-28-49,66-50-29-11-2-12-30-50)61-69(53-35-17-5-18-36-53,54-37-19-6-20-38-54)47-45-59-57-43-25-26-44-58(57)60-46-48-70(55-39-21-7-22-40-55,56-41-23-8-24-42-56)62-72(64,67-51-31-13-3-14-32-51)68-52-33-15-4-16-34-52/h1-24,27-42,57-60H,25-26,43-48H2/t57-,58-/m0/s1. The third-order valence-electron chi connectivity index (χ3n) is 12.6. The van der Waals surface area contributed by atoms with Crippen molar-refractivity contribution in [3.63, 3.8) is 0 Å². The highest BCUT2D eigenvalue weighted by Gasteiger charge is 2.38. The SMILES string of the molecule is O=P(N=P(CCN[C@H]1CCCC[C@@H]1NCCP(=NP(=O)(Oc1ccccc1)Oc1ccccc1)(c1ccccc1)c1ccccc1)(c1ccccc1)c1ccccc1)(Oc1ccccc1)Oc1ccccc1. The monoisotopic (exact) mass is 1030 g/mol. The molecule has 0 unspecified atom stereocenters. The van der Waals surface area contributed by atoms with Crippen LogP contribution in [0.2, 0.25) is 0 Å². The van der Waals surface area contributed by atoms with E-state index in [1.165, 1.54) is 0 Å². The molecule has 72 heavy (non-hydrogen) atoms. The molecule has 14 heteroatoms. The summed E-state index contributed by atoms with van der Waals surface area (Å²) < 4.78 is 67.2. The highest BCUT2D eigenvalue weighted by Crippen LogP contribution is 2.63. The lowest BCUT2D eigenvalue weighted by Crippen LogP contribution is -2.51. The summed E-state index contributed by atoms with van der Waals surface area (Å²) in [6.45, 7) is 1.16. The highest BCUT2D eigenvalue weighted by atomic mass is 31.2. The molecule has 8 aromatic carbocycles. The van der Waals surface area contributed by atoms with E-state index in [1.807, 2.05) is 146 Å². The van der Waals surface area contributed by atoms with Gasteiger partial charge in [0.05, 0.1) is 0 Å². The van der Waals surface area contributed by atoms with E-state index in [2.05, 4.69) is 59.2 Å². The molecule has 0 heterocycles. The van der Waals surface area contributed by atoms with Gasteiger partial charge in [-0.05, 0) is 82.6 Å². The fourth-order valence-electron chi connectivity index (χ4n) is 9.19. The summed E-state index contributed by atoms with van der Waals surface area (Å²) in [6.07, 6.45) is 5.21. The van der Waals surface area contributed by atoms with E-state index in [4.69, 9.17) is 27.1 Å². The van der Waals surface area contributed by atoms with Gasteiger partial charge >= 0.3 is 15.5 Å². The van der Waals surface area contributed by atoms with Crippen LogP contribution < -0.4 is 49.9 Å². The zero-order valence-electron chi connectivity index (χ0n) is 40.0. The Morgan fingerprint density at radius 2 is 0.569 bits per heavy atom. The predicted octanol–water partition coefficient (Wildman–Crippen LogP) is 13.7. The van der Waals surface area contributed by atoms with Crippen LogP contribution in [0.1, 0.15) is 25.7 Å². The molecule has 9 rings (SSSR count). The van der Waals surface area contributed by atoms with Crippen molar-refractivity contribution < 1.29 is 27.2 Å². The highest BCUT2D eigenvalue weighted by molar-refractivity contribution is 7.85. The molecule has 0 amide bonds. The van der Waals surface area contributed by atoms with E-state index in [9.17, 15) is 0 Å². The van der Waals surface area contributed by atoms with Crippen LogP contribution in [0.25, 0.3) is 0 Å². The maximum atomic E-state index is 15.5. The third kappa shape index (κ3) is 13.1. The van der Waals surface area contributed by atoms with E-state index < -0.39 is 29.6 Å². The fraction of sp³-hybridized carbons (Fsp3) is 0.172. The van der Waals surface area contributed by atoms with Crippen molar-refractivity contribution in [3.05, 3.63) is 243 Å². The van der Waals surface area contributed by atoms with E-state index in [-0.39, 0.29) is 12.1 Å². The van der Waals surface area contributed by atoms with Gasteiger partial charge in [-0.25, -0.2) is 9.13 Å². The molecular formula is C58H60N4O6P4. The average Bonchev–Trinajstić information content (AvgIpc) is 3.42. The van der Waals surface area contributed by atoms with Crippen molar-refractivity contribution in [1.82, 2.24) is 10.6 Å². The summed E-state index contributed by atoms with van der Waals surface area (Å²) in [5.74, 6) is 1.62. The number of rotatable bonds is 22. The van der Waals surface area contributed by atoms with Gasteiger partial charge in [0.2, 0.25) is 0 Å². The van der Waals surface area contributed by atoms with Crippen LogP contribution in [0.15, 0.2) is 252 Å². The Kier molecular flexibility index (Phi) is 17.2. The van der Waals surface area contributed by atoms with Crippen LogP contribution in [-0.2, 0) is 9.13 Å². The summed E-state index contributed by atoms with van der Waals surface area (Å²) in [4.78, 5) is 0. The van der Waals surface area contributed by atoms with Gasteiger partial charge in [0, 0.05) is 51.6 Å². The summed E-state index contributed by atoms with van der Waals surface area (Å²) in [7, 11) is -14.3.